The Balaban J connectivity index is 2.79. The van der Waals surface area contributed by atoms with Gasteiger partial charge in [-0.3, -0.25) is 0 Å². The van der Waals surface area contributed by atoms with Crippen molar-refractivity contribution in [2.24, 2.45) is 0 Å². The van der Waals surface area contributed by atoms with Crippen LogP contribution in [0.1, 0.15) is 20.8 Å². The number of carbonyl (C=O) groups is 1. The van der Waals surface area contributed by atoms with Crippen molar-refractivity contribution in [1.82, 2.24) is 9.03 Å². The van der Waals surface area contributed by atoms with Crippen LogP contribution in [0.5, 0.6) is 0 Å². The van der Waals surface area contributed by atoms with Gasteiger partial charge in [0.2, 0.25) is 0 Å². The van der Waals surface area contributed by atoms with E-state index in [9.17, 15) is 13.2 Å². The van der Waals surface area contributed by atoms with E-state index in [0.29, 0.717) is 5.33 Å². The fraction of sp³-hybridized carbons (Fsp3) is 0.900. The normalized spacial score (nSPS) is 23.9. The van der Waals surface area contributed by atoms with E-state index in [0.717, 1.165) is 0 Å². The van der Waals surface area contributed by atoms with Crippen LogP contribution in [0.25, 0.3) is 0 Å². The van der Waals surface area contributed by atoms with Crippen LogP contribution in [0.3, 0.4) is 0 Å². The Morgan fingerprint density at radius 2 is 2.21 bits per heavy atom. The largest absolute Gasteiger partial charge is 0.449 e. The van der Waals surface area contributed by atoms with Crippen molar-refractivity contribution in [3.8, 4) is 0 Å². The molecular weight excluding hydrogens is 340 g/mol. The number of hydrogen-bond acceptors (Lipinski definition) is 5. The molecule has 9 heteroatoms. The lowest BCUT2D eigenvalue weighted by Gasteiger charge is -2.41. The minimum atomic E-state index is -3.91. The van der Waals surface area contributed by atoms with E-state index in [1.807, 2.05) is 4.72 Å². The van der Waals surface area contributed by atoms with Gasteiger partial charge in [-0.25, -0.2) is 9.52 Å². The van der Waals surface area contributed by atoms with Crippen LogP contribution in [-0.2, 0) is 19.7 Å². The van der Waals surface area contributed by atoms with E-state index in [-0.39, 0.29) is 25.8 Å². The Morgan fingerprint density at radius 3 is 2.74 bits per heavy atom. The molecule has 1 heterocycles. The van der Waals surface area contributed by atoms with Crippen LogP contribution in [0.15, 0.2) is 0 Å². The molecule has 0 saturated carbocycles. The lowest BCUT2D eigenvalue weighted by molar-refractivity contribution is -0.107. The molecule has 1 fully saturated rings. The quantitative estimate of drug-likeness (QED) is 0.753. The van der Waals surface area contributed by atoms with Crippen molar-refractivity contribution in [2.75, 3.05) is 25.0 Å². The molecule has 1 atom stereocenters. The Labute approximate surface area is 121 Å². The Hall–Kier alpha value is -0.380. The van der Waals surface area contributed by atoms with Gasteiger partial charge in [0.1, 0.15) is 0 Å². The summed E-state index contributed by atoms with van der Waals surface area (Å²) in [7, 11) is -3.91. The lowest BCUT2D eigenvalue weighted by Crippen LogP contribution is -2.58. The van der Waals surface area contributed by atoms with Gasteiger partial charge in [0.15, 0.2) is 0 Å². The zero-order valence-corrected chi connectivity index (χ0v) is 13.6. The summed E-state index contributed by atoms with van der Waals surface area (Å²) in [5.74, 6) is 0. The molecule has 0 aromatic heterocycles. The molecule has 0 spiro atoms. The first kappa shape index (κ1) is 16.7. The second-order valence-corrected chi connectivity index (χ2v) is 7.09. The first-order valence-electron chi connectivity index (χ1n) is 5.88. The molecule has 1 saturated heterocycles. The third kappa shape index (κ3) is 4.90. The zero-order chi connectivity index (χ0) is 14.7. The predicted molar refractivity (Wildman–Crippen MR) is 73.4 cm³/mol. The van der Waals surface area contributed by atoms with Crippen molar-refractivity contribution in [3.63, 3.8) is 0 Å². The molecule has 0 bridgehead atoms. The van der Waals surface area contributed by atoms with E-state index in [4.69, 9.17) is 4.74 Å². The van der Waals surface area contributed by atoms with E-state index >= 15 is 0 Å². The maximum absolute atomic E-state index is 12.1. The molecule has 19 heavy (non-hydrogen) atoms. The highest BCUT2D eigenvalue weighted by atomic mass is 79.9. The number of nitrogens with zero attached hydrogens (tertiary/aromatic N) is 1. The van der Waals surface area contributed by atoms with Crippen LogP contribution in [0, 0.1) is 0 Å². The van der Waals surface area contributed by atoms with Crippen molar-refractivity contribution in [3.05, 3.63) is 0 Å². The minimum absolute atomic E-state index is 0.111. The van der Waals surface area contributed by atoms with Crippen molar-refractivity contribution >= 4 is 32.2 Å². The van der Waals surface area contributed by atoms with Crippen molar-refractivity contribution in [2.45, 2.75) is 32.5 Å². The van der Waals surface area contributed by atoms with Gasteiger partial charge in [-0.05, 0) is 20.8 Å². The summed E-state index contributed by atoms with van der Waals surface area (Å²) in [4.78, 5) is 11.2. The van der Waals surface area contributed by atoms with Gasteiger partial charge < -0.3 is 9.47 Å². The van der Waals surface area contributed by atoms with Gasteiger partial charge >= 0.3 is 16.3 Å². The van der Waals surface area contributed by atoms with Crippen LogP contribution in [0.2, 0.25) is 0 Å². The minimum Gasteiger partial charge on any atom is -0.449 e. The molecule has 0 radical (unpaired) electrons. The lowest BCUT2D eigenvalue weighted by atomic mass is 10.1. The third-order valence-corrected chi connectivity index (χ3v) is 4.55. The molecule has 1 rings (SSSR count). The first-order valence-corrected chi connectivity index (χ1v) is 8.45. The van der Waals surface area contributed by atoms with Crippen LogP contribution in [-0.4, -0.2) is 55.5 Å². The Morgan fingerprint density at radius 1 is 1.58 bits per heavy atom. The number of carbonyl (C=O) groups excluding carboxylic acids is 1. The average molecular weight is 359 g/mol. The molecular formula is C10H19BrN2O5S. The van der Waals surface area contributed by atoms with E-state index in [1.54, 1.807) is 20.8 Å². The molecule has 0 aromatic carbocycles. The zero-order valence-electron chi connectivity index (χ0n) is 11.2. The van der Waals surface area contributed by atoms with E-state index in [2.05, 4.69) is 20.7 Å². The van der Waals surface area contributed by atoms with Crippen molar-refractivity contribution < 1.29 is 22.7 Å². The molecule has 0 aromatic rings. The number of rotatable bonds is 4. The molecule has 0 aliphatic carbocycles. The maximum Gasteiger partial charge on any atom is 0.421 e. The summed E-state index contributed by atoms with van der Waals surface area (Å²) in [6.45, 7) is 5.67. The highest BCUT2D eigenvalue weighted by molar-refractivity contribution is 9.09. The summed E-state index contributed by atoms with van der Waals surface area (Å²) in [6, 6.07) is 0. The topological polar surface area (TPSA) is 84.9 Å². The number of ether oxygens (including phenoxy) is 2. The number of nitrogens with one attached hydrogen (secondary N) is 1. The van der Waals surface area contributed by atoms with E-state index in [1.165, 1.54) is 4.31 Å². The van der Waals surface area contributed by atoms with Crippen LogP contribution in [0.4, 0.5) is 4.79 Å². The first-order chi connectivity index (χ1) is 8.70. The predicted octanol–water partition coefficient (Wildman–Crippen LogP) is 0.852. The molecule has 112 valence electrons. The third-order valence-electron chi connectivity index (χ3n) is 2.45. The number of morpholine rings is 1. The highest BCUT2D eigenvalue weighted by Crippen LogP contribution is 2.23. The number of hydrogen-bond donors (Lipinski definition) is 1. The fourth-order valence-electron chi connectivity index (χ4n) is 1.84. The number of halogens is 1. The van der Waals surface area contributed by atoms with Gasteiger partial charge in [-0.15, -0.1) is 0 Å². The van der Waals surface area contributed by atoms with Crippen LogP contribution >= 0.6 is 15.9 Å². The van der Waals surface area contributed by atoms with Gasteiger partial charge in [0, 0.05) is 18.4 Å². The Bertz CT molecular complexity index is 426. The number of alkyl halides is 1. The summed E-state index contributed by atoms with van der Waals surface area (Å²) in [6.07, 6.45) is -1.23. The molecule has 1 unspecified atom stereocenters. The van der Waals surface area contributed by atoms with Gasteiger partial charge in [-0.1, -0.05) is 15.9 Å². The van der Waals surface area contributed by atoms with Gasteiger partial charge in [0.25, 0.3) is 0 Å². The smallest absolute Gasteiger partial charge is 0.421 e. The maximum atomic E-state index is 12.1. The monoisotopic (exact) mass is 358 g/mol. The fourth-order valence-corrected chi connectivity index (χ4v) is 3.41. The average Bonchev–Trinajstić information content (AvgIpc) is 2.26. The summed E-state index contributed by atoms with van der Waals surface area (Å²) < 4.78 is 37.5. The van der Waals surface area contributed by atoms with E-state index < -0.39 is 21.9 Å². The second-order valence-electron chi connectivity index (χ2n) is 4.77. The second kappa shape index (κ2) is 6.38. The summed E-state index contributed by atoms with van der Waals surface area (Å²) in [5, 5.41) is 0.516. The highest BCUT2D eigenvalue weighted by Gasteiger charge is 2.39. The number of amides is 1. The Kier molecular flexibility index (Phi) is 5.60. The molecule has 1 aliphatic rings. The van der Waals surface area contributed by atoms with Crippen molar-refractivity contribution in [1.29, 1.82) is 0 Å². The summed E-state index contributed by atoms with van der Waals surface area (Å²) >= 11 is 3.27. The van der Waals surface area contributed by atoms with Gasteiger partial charge in [0.05, 0.1) is 18.3 Å². The summed E-state index contributed by atoms with van der Waals surface area (Å²) in [5.41, 5.74) is -0.611. The van der Waals surface area contributed by atoms with Crippen LogP contribution < -0.4 is 4.72 Å². The van der Waals surface area contributed by atoms with Gasteiger partial charge in [-0.2, -0.15) is 12.7 Å². The standard InChI is InChI=1S/C10H19BrN2O5S/c1-4-17-9(14)12-19(15,16)13-6-8(5-11)18-10(2,3)7-13/h8H,4-7H2,1-3H3,(H,12,14). The molecule has 1 aliphatic heterocycles. The molecule has 7 nitrogen and oxygen atoms in total. The SMILES string of the molecule is CCOC(=O)NS(=O)(=O)N1CC(CBr)OC(C)(C)C1. The molecule has 1 N–H and O–H groups in total. The molecule has 1 amide bonds.